The monoisotopic (exact) mass is 168 g/mol. The van der Waals surface area contributed by atoms with Gasteiger partial charge < -0.3 is 14.6 Å². The molecule has 0 N–H and O–H groups in total. The molecule has 1 aliphatic heterocycles. The summed E-state index contributed by atoms with van der Waals surface area (Å²) < 4.78 is 10.6. The van der Waals surface area contributed by atoms with Gasteiger partial charge in [0.05, 0.1) is 12.7 Å². The van der Waals surface area contributed by atoms with Gasteiger partial charge in [0.15, 0.2) is 5.79 Å². The summed E-state index contributed by atoms with van der Waals surface area (Å²) in [6.07, 6.45) is 0.564. The average molecular weight is 168 g/mol. The molecule has 0 aliphatic carbocycles. The first kappa shape index (κ1) is 11.9. The van der Waals surface area contributed by atoms with Crippen molar-refractivity contribution in [3.63, 3.8) is 0 Å². The smallest absolute Gasteiger partial charge is 0.853 e. The molecule has 1 aliphatic rings. The summed E-state index contributed by atoms with van der Waals surface area (Å²) >= 11 is 0. The third kappa shape index (κ3) is 3.01. The molecule has 0 spiro atoms. The van der Waals surface area contributed by atoms with Crippen LogP contribution in [0.3, 0.4) is 0 Å². The van der Waals surface area contributed by atoms with Crippen molar-refractivity contribution in [2.75, 3.05) is 13.2 Å². The summed E-state index contributed by atoms with van der Waals surface area (Å²) in [7, 11) is 0. The number of hydrogen-bond donors (Lipinski definition) is 0. The molecule has 0 saturated carbocycles. The molecule has 3 nitrogen and oxygen atoms in total. The van der Waals surface area contributed by atoms with Crippen LogP contribution in [0, 0.1) is 0 Å². The summed E-state index contributed by atoms with van der Waals surface area (Å²) in [5, 5.41) is 10.3. The molecule has 0 radical (unpaired) electrons. The predicted molar refractivity (Wildman–Crippen MR) is 34.4 cm³/mol. The third-order valence-corrected chi connectivity index (χ3v) is 1.82. The van der Waals surface area contributed by atoms with E-state index in [-0.39, 0.29) is 42.3 Å². The Morgan fingerprint density at radius 2 is 2.27 bits per heavy atom. The van der Waals surface area contributed by atoms with Crippen LogP contribution in [0.1, 0.15) is 20.3 Å². The molecule has 1 rings (SSSR count). The maximum atomic E-state index is 10.3. The standard InChI is InChI=1S/C7H13O3.Na/c1-3-7(2)9-5-6(4-8)10-7;/h6H,3-5H2,1-2H3;/q-1;+1. The topological polar surface area (TPSA) is 41.5 Å². The largest absolute Gasteiger partial charge is 1.00 e. The zero-order chi connectivity index (χ0) is 7.61. The SMILES string of the molecule is CCC1(C)OCC(C[O-])O1.[Na+]. The quantitative estimate of drug-likeness (QED) is 0.410. The zero-order valence-electron chi connectivity index (χ0n) is 7.42. The Morgan fingerprint density at radius 1 is 1.64 bits per heavy atom. The van der Waals surface area contributed by atoms with Crippen molar-refractivity contribution in [2.24, 2.45) is 0 Å². The van der Waals surface area contributed by atoms with Crippen LogP contribution in [-0.4, -0.2) is 25.1 Å². The normalized spacial score (nSPS) is 36.8. The zero-order valence-corrected chi connectivity index (χ0v) is 9.42. The summed E-state index contributed by atoms with van der Waals surface area (Å²) in [5.74, 6) is -0.491. The average Bonchev–Trinajstić information content (AvgIpc) is 2.33. The van der Waals surface area contributed by atoms with Crippen molar-refractivity contribution < 1.29 is 44.1 Å². The molecule has 0 bridgehead atoms. The molecule has 0 aromatic rings. The molecule has 11 heavy (non-hydrogen) atoms. The Labute approximate surface area is 89.4 Å². The van der Waals surface area contributed by atoms with Gasteiger partial charge in [-0.3, -0.25) is 0 Å². The Balaban J connectivity index is 0.000001000. The minimum atomic E-state index is -0.491. The van der Waals surface area contributed by atoms with E-state index in [1.165, 1.54) is 0 Å². The van der Waals surface area contributed by atoms with Gasteiger partial charge in [-0.05, 0) is 13.3 Å². The molecule has 0 aromatic carbocycles. The Morgan fingerprint density at radius 3 is 2.55 bits per heavy atom. The van der Waals surface area contributed by atoms with Crippen LogP contribution in [0.2, 0.25) is 0 Å². The molecule has 1 saturated heterocycles. The molecule has 60 valence electrons. The van der Waals surface area contributed by atoms with Gasteiger partial charge in [0.2, 0.25) is 0 Å². The van der Waals surface area contributed by atoms with Crippen molar-refractivity contribution in [1.29, 1.82) is 0 Å². The Hall–Kier alpha value is 0.880. The van der Waals surface area contributed by atoms with Crippen LogP contribution in [0.5, 0.6) is 0 Å². The fourth-order valence-electron chi connectivity index (χ4n) is 0.957. The van der Waals surface area contributed by atoms with E-state index in [2.05, 4.69) is 0 Å². The molecule has 1 heterocycles. The molecular formula is C7H13NaO3. The first-order chi connectivity index (χ1) is 4.70. The van der Waals surface area contributed by atoms with E-state index in [0.29, 0.717) is 6.61 Å². The van der Waals surface area contributed by atoms with Crippen molar-refractivity contribution in [1.82, 2.24) is 0 Å². The Bertz CT molecular complexity index is 120. The van der Waals surface area contributed by atoms with E-state index < -0.39 is 5.79 Å². The maximum Gasteiger partial charge on any atom is 1.00 e. The summed E-state index contributed by atoms with van der Waals surface area (Å²) in [5.41, 5.74) is 0. The third-order valence-electron chi connectivity index (χ3n) is 1.82. The van der Waals surface area contributed by atoms with Gasteiger partial charge in [0.25, 0.3) is 0 Å². The summed E-state index contributed by atoms with van der Waals surface area (Å²) in [6, 6.07) is 0. The van der Waals surface area contributed by atoms with E-state index in [1.54, 1.807) is 0 Å². The molecule has 0 aromatic heterocycles. The minimum absolute atomic E-state index is 0. The second-order valence-electron chi connectivity index (χ2n) is 2.70. The van der Waals surface area contributed by atoms with Gasteiger partial charge in [0, 0.05) is 0 Å². The molecule has 2 unspecified atom stereocenters. The van der Waals surface area contributed by atoms with Crippen LogP contribution in [0.15, 0.2) is 0 Å². The summed E-state index contributed by atoms with van der Waals surface area (Å²) in [6.45, 7) is 4.10. The van der Waals surface area contributed by atoms with Crippen LogP contribution in [-0.2, 0) is 9.47 Å². The van der Waals surface area contributed by atoms with Gasteiger partial charge >= 0.3 is 29.6 Å². The molecule has 2 atom stereocenters. The minimum Gasteiger partial charge on any atom is -0.853 e. The molecule has 4 heteroatoms. The van der Waals surface area contributed by atoms with Crippen molar-refractivity contribution >= 4 is 0 Å². The second-order valence-corrected chi connectivity index (χ2v) is 2.70. The van der Waals surface area contributed by atoms with Gasteiger partial charge in [-0.15, -0.1) is 6.61 Å². The van der Waals surface area contributed by atoms with Gasteiger partial charge in [0.1, 0.15) is 0 Å². The number of hydrogen-bond acceptors (Lipinski definition) is 3. The first-order valence-electron chi connectivity index (χ1n) is 3.60. The fraction of sp³-hybridized carbons (Fsp3) is 1.00. The molecule has 1 fully saturated rings. The van der Waals surface area contributed by atoms with E-state index in [9.17, 15) is 5.11 Å². The predicted octanol–water partition coefficient (Wildman–Crippen LogP) is -3.11. The fourth-order valence-corrected chi connectivity index (χ4v) is 0.957. The maximum absolute atomic E-state index is 10.3. The van der Waals surface area contributed by atoms with Crippen molar-refractivity contribution in [3.05, 3.63) is 0 Å². The van der Waals surface area contributed by atoms with E-state index in [0.717, 1.165) is 6.42 Å². The Kier molecular flexibility index (Phi) is 5.18. The number of ether oxygens (including phenoxy) is 2. The van der Waals surface area contributed by atoms with Gasteiger partial charge in [-0.2, -0.15) is 0 Å². The molecular weight excluding hydrogens is 155 g/mol. The van der Waals surface area contributed by atoms with Crippen molar-refractivity contribution in [3.8, 4) is 0 Å². The van der Waals surface area contributed by atoms with Crippen LogP contribution in [0.4, 0.5) is 0 Å². The summed E-state index contributed by atoms with van der Waals surface area (Å²) in [4.78, 5) is 0. The van der Waals surface area contributed by atoms with Crippen molar-refractivity contribution in [2.45, 2.75) is 32.2 Å². The van der Waals surface area contributed by atoms with Gasteiger partial charge in [-0.25, -0.2) is 0 Å². The van der Waals surface area contributed by atoms with E-state index in [1.807, 2.05) is 13.8 Å². The van der Waals surface area contributed by atoms with E-state index in [4.69, 9.17) is 9.47 Å². The van der Waals surface area contributed by atoms with Crippen LogP contribution < -0.4 is 34.7 Å². The van der Waals surface area contributed by atoms with Crippen LogP contribution >= 0.6 is 0 Å². The second kappa shape index (κ2) is 4.80. The van der Waals surface area contributed by atoms with Gasteiger partial charge in [-0.1, -0.05) is 6.92 Å². The molecule has 0 amide bonds. The van der Waals surface area contributed by atoms with E-state index >= 15 is 0 Å². The van der Waals surface area contributed by atoms with Crippen LogP contribution in [0.25, 0.3) is 0 Å². The first-order valence-corrected chi connectivity index (χ1v) is 3.60. The number of rotatable bonds is 2.